The van der Waals surface area contributed by atoms with Crippen molar-refractivity contribution in [3.8, 4) is 0 Å². The van der Waals surface area contributed by atoms with Crippen LogP contribution in [0.25, 0.3) is 0 Å². The minimum atomic E-state index is -0.0500. The molecule has 0 aliphatic carbocycles. The molecule has 0 radical (unpaired) electrons. The first kappa shape index (κ1) is 12.8. The lowest BCUT2D eigenvalue weighted by molar-refractivity contribution is 0.0822. The lowest BCUT2D eigenvalue weighted by Crippen LogP contribution is -2.44. The van der Waals surface area contributed by atoms with Crippen LogP contribution in [0.2, 0.25) is 0 Å². The molecule has 1 saturated heterocycles. The summed E-state index contributed by atoms with van der Waals surface area (Å²) in [5.41, 5.74) is 1.60. The summed E-state index contributed by atoms with van der Waals surface area (Å²) in [7, 11) is 5.62. The van der Waals surface area contributed by atoms with Crippen molar-refractivity contribution in [2.24, 2.45) is 0 Å². The van der Waals surface area contributed by atoms with Crippen LogP contribution in [0.1, 0.15) is 10.5 Å². The Kier molecular flexibility index (Phi) is 3.81. The summed E-state index contributed by atoms with van der Waals surface area (Å²) in [5.74, 6) is -0.0500. The van der Waals surface area contributed by atoms with Crippen LogP contribution in [0, 0.1) is 0 Å². The summed E-state index contributed by atoms with van der Waals surface area (Å²) >= 11 is 0. The normalized spacial score (nSPS) is 16.7. The largest absolute Gasteiger partial charge is 0.369 e. The Morgan fingerprint density at radius 2 is 1.94 bits per heavy atom. The van der Waals surface area contributed by atoms with Gasteiger partial charge in [0.25, 0.3) is 5.91 Å². The zero-order valence-electron chi connectivity index (χ0n) is 11.3. The van der Waals surface area contributed by atoms with Crippen LogP contribution in [0.3, 0.4) is 0 Å². The fourth-order valence-corrected chi connectivity index (χ4v) is 2.03. The molecule has 98 valence electrons. The molecule has 2 rings (SSSR count). The van der Waals surface area contributed by atoms with E-state index in [1.54, 1.807) is 25.2 Å². The summed E-state index contributed by atoms with van der Waals surface area (Å²) < 4.78 is 0. The third-order valence-corrected chi connectivity index (χ3v) is 3.24. The first-order valence-electron chi connectivity index (χ1n) is 6.19. The van der Waals surface area contributed by atoms with E-state index in [0.717, 1.165) is 31.9 Å². The maximum absolute atomic E-state index is 11.9. The highest BCUT2D eigenvalue weighted by Crippen LogP contribution is 2.16. The molecular formula is C13H20N4O. The van der Waals surface area contributed by atoms with E-state index in [4.69, 9.17) is 0 Å². The minimum absolute atomic E-state index is 0.0500. The quantitative estimate of drug-likeness (QED) is 0.765. The van der Waals surface area contributed by atoms with Gasteiger partial charge in [-0.1, -0.05) is 0 Å². The number of aromatic nitrogens is 1. The van der Waals surface area contributed by atoms with Gasteiger partial charge >= 0.3 is 0 Å². The van der Waals surface area contributed by atoms with Gasteiger partial charge < -0.3 is 14.7 Å². The highest BCUT2D eigenvalue weighted by Gasteiger charge is 2.16. The highest BCUT2D eigenvalue weighted by molar-refractivity contribution is 5.92. The molecule has 1 fully saturated rings. The molecule has 0 unspecified atom stereocenters. The number of rotatable bonds is 2. The lowest BCUT2D eigenvalue weighted by Gasteiger charge is -2.34. The maximum atomic E-state index is 11.9. The van der Waals surface area contributed by atoms with Crippen molar-refractivity contribution >= 4 is 11.6 Å². The van der Waals surface area contributed by atoms with Crippen molar-refractivity contribution in [1.29, 1.82) is 0 Å². The van der Waals surface area contributed by atoms with Gasteiger partial charge in [0, 0.05) is 52.2 Å². The Balaban J connectivity index is 2.14. The van der Waals surface area contributed by atoms with Gasteiger partial charge in [-0.2, -0.15) is 0 Å². The van der Waals surface area contributed by atoms with Gasteiger partial charge in [-0.25, -0.2) is 0 Å². The average molecular weight is 248 g/mol. The number of nitrogens with zero attached hydrogens (tertiary/aromatic N) is 4. The van der Waals surface area contributed by atoms with E-state index in [9.17, 15) is 4.79 Å². The van der Waals surface area contributed by atoms with Crippen LogP contribution in [0.4, 0.5) is 5.69 Å². The average Bonchev–Trinajstić information content (AvgIpc) is 2.38. The summed E-state index contributed by atoms with van der Waals surface area (Å²) in [4.78, 5) is 22.2. The van der Waals surface area contributed by atoms with Gasteiger partial charge in [0.05, 0.1) is 0 Å². The number of carbonyl (C=O) groups is 1. The second-order valence-corrected chi connectivity index (χ2v) is 4.89. The zero-order valence-corrected chi connectivity index (χ0v) is 11.3. The third kappa shape index (κ3) is 2.79. The molecule has 0 saturated carbocycles. The second kappa shape index (κ2) is 5.35. The van der Waals surface area contributed by atoms with Crippen LogP contribution in [0.15, 0.2) is 18.3 Å². The Labute approximate surface area is 108 Å². The molecule has 1 aromatic rings. The number of hydrogen-bond donors (Lipinski definition) is 0. The van der Waals surface area contributed by atoms with Crippen molar-refractivity contribution in [1.82, 2.24) is 14.8 Å². The molecule has 1 amide bonds. The molecule has 0 atom stereocenters. The first-order valence-corrected chi connectivity index (χ1v) is 6.19. The molecule has 0 aromatic carbocycles. The topological polar surface area (TPSA) is 39.7 Å². The van der Waals surface area contributed by atoms with Gasteiger partial charge in [0.15, 0.2) is 0 Å². The van der Waals surface area contributed by atoms with E-state index < -0.39 is 0 Å². The molecule has 0 spiro atoms. The smallest absolute Gasteiger partial charge is 0.272 e. The number of hydrogen-bond acceptors (Lipinski definition) is 4. The summed E-state index contributed by atoms with van der Waals surface area (Å²) in [6.45, 7) is 4.10. The SMILES string of the molecule is CN1CCN(c2ccnc(C(=O)N(C)C)c2)CC1. The molecule has 1 aliphatic rings. The molecule has 1 aliphatic heterocycles. The van der Waals surface area contributed by atoms with Gasteiger partial charge in [-0.15, -0.1) is 0 Å². The number of amides is 1. The van der Waals surface area contributed by atoms with Gasteiger partial charge in [-0.05, 0) is 19.2 Å². The number of likely N-dealkylation sites (N-methyl/N-ethyl adjacent to an activating group) is 1. The van der Waals surface area contributed by atoms with Crippen molar-refractivity contribution in [2.45, 2.75) is 0 Å². The molecule has 0 bridgehead atoms. The Bertz CT molecular complexity index is 425. The van der Waals surface area contributed by atoms with Crippen molar-refractivity contribution in [2.75, 3.05) is 52.2 Å². The maximum Gasteiger partial charge on any atom is 0.272 e. The predicted octanol–water partition coefficient (Wildman–Crippen LogP) is 0.535. The molecule has 5 heteroatoms. The van der Waals surface area contributed by atoms with Crippen LogP contribution in [-0.4, -0.2) is 68.0 Å². The number of carbonyl (C=O) groups excluding carboxylic acids is 1. The zero-order chi connectivity index (χ0) is 13.1. The minimum Gasteiger partial charge on any atom is -0.369 e. The van der Waals surface area contributed by atoms with Crippen LogP contribution in [0.5, 0.6) is 0 Å². The number of pyridine rings is 1. The monoisotopic (exact) mass is 248 g/mol. The molecule has 0 N–H and O–H groups in total. The Morgan fingerprint density at radius 1 is 1.28 bits per heavy atom. The Hall–Kier alpha value is -1.62. The Morgan fingerprint density at radius 3 is 2.56 bits per heavy atom. The van der Waals surface area contributed by atoms with E-state index in [1.807, 2.05) is 12.1 Å². The number of anilines is 1. The van der Waals surface area contributed by atoms with Crippen LogP contribution in [-0.2, 0) is 0 Å². The van der Waals surface area contributed by atoms with E-state index in [2.05, 4.69) is 21.8 Å². The predicted molar refractivity (Wildman–Crippen MR) is 72.0 cm³/mol. The molecule has 18 heavy (non-hydrogen) atoms. The summed E-state index contributed by atoms with van der Waals surface area (Å²) in [5, 5.41) is 0. The second-order valence-electron chi connectivity index (χ2n) is 4.89. The van der Waals surface area contributed by atoms with Crippen molar-refractivity contribution in [3.05, 3.63) is 24.0 Å². The van der Waals surface area contributed by atoms with E-state index in [1.165, 1.54) is 0 Å². The number of piperazine rings is 1. The fraction of sp³-hybridized carbons (Fsp3) is 0.538. The van der Waals surface area contributed by atoms with Crippen molar-refractivity contribution in [3.63, 3.8) is 0 Å². The standard InChI is InChI=1S/C13H20N4O/c1-15(2)13(18)12-10-11(4-5-14-12)17-8-6-16(3)7-9-17/h4-5,10H,6-9H2,1-3H3. The van der Waals surface area contributed by atoms with E-state index in [0.29, 0.717) is 5.69 Å². The van der Waals surface area contributed by atoms with Gasteiger partial charge in [0.1, 0.15) is 5.69 Å². The van der Waals surface area contributed by atoms with E-state index in [-0.39, 0.29) is 5.91 Å². The van der Waals surface area contributed by atoms with Crippen LogP contribution >= 0.6 is 0 Å². The molecule has 2 heterocycles. The highest BCUT2D eigenvalue weighted by atomic mass is 16.2. The summed E-state index contributed by atoms with van der Waals surface area (Å²) in [6, 6.07) is 3.85. The fourth-order valence-electron chi connectivity index (χ4n) is 2.03. The van der Waals surface area contributed by atoms with Gasteiger partial charge in [0.2, 0.25) is 0 Å². The lowest BCUT2D eigenvalue weighted by atomic mass is 10.2. The van der Waals surface area contributed by atoms with Gasteiger partial charge in [-0.3, -0.25) is 9.78 Å². The first-order chi connectivity index (χ1) is 8.58. The third-order valence-electron chi connectivity index (χ3n) is 3.24. The molecule has 5 nitrogen and oxygen atoms in total. The van der Waals surface area contributed by atoms with Crippen LogP contribution < -0.4 is 4.90 Å². The summed E-state index contributed by atoms with van der Waals surface area (Å²) in [6.07, 6.45) is 1.71. The molecular weight excluding hydrogens is 228 g/mol. The molecule has 1 aromatic heterocycles. The van der Waals surface area contributed by atoms with Crippen molar-refractivity contribution < 1.29 is 4.79 Å². The van der Waals surface area contributed by atoms with E-state index >= 15 is 0 Å².